The van der Waals surface area contributed by atoms with Crippen molar-refractivity contribution in [1.29, 1.82) is 0 Å². The van der Waals surface area contributed by atoms with Crippen LogP contribution in [0, 0.1) is 5.92 Å². The molecule has 1 aromatic rings. The zero-order valence-electron chi connectivity index (χ0n) is 10.5. The minimum atomic E-state index is -1.00. The van der Waals surface area contributed by atoms with Crippen molar-refractivity contribution in [3.05, 3.63) is 23.8 Å². The number of nitrogens with one attached hydrogen (secondary N) is 2. The van der Waals surface area contributed by atoms with Crippen LogP contribution in [-0.4, -0.2) is 30.1 Å². The minimum Gasteiger partial charge on any atom is -0.478 e. The second kappa shape index (κ2) is 5.60. The van der Waals surface area contributed by atoms with E-state index in [0.717, 1.165) is 12.8 Å². The first-order valence-electron chi connectivity index (χ1n) is 6.22. The number of amides is 1. The topological polar surface area (TPSA) is 104 Å². The van der Waals surface area contributed by atoms with Crippen molar-refractivity contribution in [3.8, 4) is 0 Å². The quantitative estimate of drug-likeness (QED) is 0.451. The molecule has 0 atom stereocenters. The van der Waals surface area contributed by atoms with Crippen molar-refractivity contribution in [2.24, 2.45) is 5.92 Å². The molecular weight excluding hydrogens is 246 g/mol. The molecule has 6 heteroatoms. The Morgan fingerprint density at radius 2 is 2.05 bits per heavy atom. The minimum absolute atomic E-state index is 0.107. The van der Waals surface area contributed by atoms with Crippen LogP contribution in [0.25, 0.3) is 0 Å². The van der Waals surface area contributed by atoms with Gasteiger partial charge in [0.1, 0.15) is 0 Å². The fraction of sp³-hybridized carbons (Fsp3) is 0.385. The number of nitrogen functional groups attached to an aromatic ring is 1. The Balaban J connectivity index is 1.79. The Bertz CT molecular complexity index is 498. The molecule has 19 heavy (non-hydrogen) atoms. The van der Waals surface area contributed by atoms with E-state index >= 15 is 0 Å². The van der Waals surface area contributed by atoms with Crippen molar-refractivity contribution in [1.82, 2.24) is 5.32 Å². The Morgan fingerprint density at radius 1 is 1.32 bits per heavy atom. The van der Waals surface area contributed by atoms with Crippen molar-refractivity contribution >= 4 is 23.3 Å². The van der Waals surface area contributed by atoms with E-state index in [0.29, 0.717) is 24.5 Å². The van der Waals surface area contributed by atoms with Gasteiger partial charge in [-0.1, -0.05) is 0 Å². The summed E-state index contributed by atoms with van der Waals surface area (Å²) in [7, 11) is 0. The summed E-state index contributed by atoms with van der Waals surface area (Å²) in [6, 6.07) is 4.53. The molecule has 0 heterocycles. The summed E-state index contributed by atoms with van der Waals surface area (Å²) in [6.07, 6.45) is 1.98. The first kappa shape index (κ1) is 13.2. The lowest BCUT2D eigenvalue weighted by Crippen LogP contribution is -2.29. The summed E-state index contributed by atoms with van der Waals surface area (Å²) < 4.78 is 0. The molecule has 0 spiro atoms. The van der Waals surface area contributed by atoms with Gasteiger partial charge in [0.25, 0.3) is 0 Å². The van der Waals surface area contributed by atoms with Crippen LogP contribution in [0.3, 0.4) is 0 Å². The Kier molecular flexibility index (Phi) is 3.89. The fourth-order valence-corrected chi connectivity index (χ4v) is 1.73. The van der Waals surface area contributed by atoms with E-state index in [4.69, 9.17) is 10.8 Å². The maximum Gasteiger partial charge on any atom is 0.335 e. The van der Waals surface area contributed by atoms with Crippen molar-refractivity contribution in [2.75, 3.05) is 24.1 Å². The molecule has 1 aliphatic rings. The van der Waals surface area contributed by atoms with E-state index < -0.39 is 5.97 Å². The lowest BCUT2D eigenvalue weighted by atomic mass is 10.2. The smallest absolute Gasteiger partial charge is 0.335 e. The molecule has 1 fully saturated rings. The third-order valence-corrected chi connectivity index (χ3v) is 2.99. The molecule has 0 aromatic heterocycles. The van der Waals surface area contributed by atoms with Gasteiger partial charge in [0.2, 0.25) is 5.91 Å². The van der Waals surface area contributed by atoms with Gasteiger partial charge in [0.15, 0.2) is 0 Å². The standard InChI is InChI=1S/C13H17N3O3/c14-10-7-9(13(18)19)3-4-11(10)15-5-6-16-12(17)8-1-2-8/h3-4,7-8,15H,1-2,5-6,14H2,(H,16,17)(H,18,19). The second-order valence-corrected chi connectivity index (χ2v) is 4.60. The van der Waals surface area contributed by atoms with Gasteiger partial charge in [-0.25, -0.2) is 4.79 Å². The average Bonchev–Trinajstić information content (AvgIpc) is 3.19. The Hall–Kier alpha value is -2.24. The van der Waals surface area contributed by atoms with Gasteiger partial charge in [-0.2, -0.15) is 0 Å². The molecule has 5 N–H and O–H groups in total. The number of hydrogen-bond donors (Lipinski definition) is 4. The lowest BCUT2D eigenvalue weighted by Gasteiger charge is -2.10. The monoisotopic (exact) mass is 263 g/mol. The number of carbonyl (C=O) groups excluding carboxylic acids is 1. The molecular formula is C13H17N3O3. The van der Waals surface area contributed by atoms with Gasteiger partial charge in [0.05, 0.1) is 16.9 Å². The predicted molar refractivity (Wildman–Crippen MR) is 72.0 cm³/mol. The number of carbonyl (C=O) groups is 2. The predicted octanol–water partition coefficient (Wildman–Crippen LogP) is 0.905. The summed E-state index contributed by atoms with van der Waals surface area (Å²) in [4.78, 5) is 22.1. The van der Waals surface area contributed by atoms with E-state index in [1.807, 2.05) is 0 Å². The first-order chi connectivity index (χ1) is 9.08. The van der Waals surface area contributed by atoms with Gasteiger partial charge >= 0.3 is 5.97 Å². The molecule has 0 bridgehead atoms. The van der Waals surface area contributed by atoms with E-state index in [1.54, 1.807) is 6.07 Å². The lowest BCUT2D eigenvalue weighted by molar-refractivity contribution is -0.122. The molecule has 1 saturated carbocycles. The molecule has 102 valence electrons. The fourth-order valence-electron chi connectivity index (χ4n) is 1.73. The van der Waals surface area contributed by atoms with Crippen LogP contribution in [0.4, 0.5) is 11.4 Å². The summed E-state index contributed by atoms with van der Waals surface area (Å²) in [5.41, 5.74) is 6.96. The number of carboxylic acids is 1. The van der Waals surface area contributed by atoms with Crippen molar-refractivity contribution < 1.29 is 14.7 Å². The van der Waals surface area contributed by atoms with Crippen LogP contribution < -0.4 is 16.4 Å². The van der Waals surface area contributed by atoms with Crippen LogP contribution in [0.1, 0.15) is 23.2 Å². The first-order valence-corrected chi connectivity index (χ1v) is 6.22. The van der Waals surface area contributed by atoms with E-state index in [2.05, 4.69) is 10.6 Å². The molecule has 0 radical (unpaired) electrons. The highest BCUT2D eigenvalue weighted by Crippen LogP contribution is 2.28. The largest absolute Gasteiger partial charge is 0.478 e. The molecule has 1 aliphatic carbocycles. The summed E-state index contributed by atoms with van der Waals surface area (Å²) in [5, 5.41) is 14.7. The highest BCUT2D eigenvalue weighted by molar-refractivity contribution is 5.90. The molecule has 6 nitrogen and oxygen atoms in total. The normalized spacial score (nSPS) is 13.9. The average molecular weight is 263 g/mol. The van der Waals surface area contributed by atoms with Gasteiger partial charge in [-0.3, -0.25) is 4.79 Å². The second-order valence-electron chi connectivity index (χ2n) is 4.60. The van der Waals surface area contributed by atoms with E-state index in [-0.39, 0.29) is 17.4 Å². The van der Waals surface area contributed by atoms with Gasteiger partial charge in [-0.15, -0.1) is 0 Å². The Morgan fingerprint density at radius 3 is 2.63 bits per heavy atom. The highest BCUT2D eigenvalue weighted by Gasteiger charge is 2.28. The zero-order valence-corrected chi connectivity index (χ0v) is 10.5. The number of aromatic carboxylic acids is 1. The zero-order chi connectivity index (χ0) is 13.8. The van der Waals surface area contributed by atoms with Gasteiger partial charge in [0, 0.05) is 19.0 Å². The van der Waals surface area contributed by atoms with Crippen molar-refractivity contribution in [2.45, 2.75) is 12.8 Å². The van der Waals surface area contributed by atoms with Crippen LogP contribution in [0.15, 0.2) is 18.2 Å². The molecule has 2 rings (SSSR count). The summed E-state index contributed by atoms with van der Waals surface area (Å²) in [6.45, 7) is 1.07. The third-order valence-electron chi connectivity index (χ3n) is 2.99. The maximum absolute atomic E-state index is 11.4. The summed E-state index contributed by atoms with van der Waals surface area (Å²) >= 11 is 0. The number of rotatable bonds is 6. The van der Waals surface area contributed by atoms with Crippen LogP contribution in [-0.2, 0) is 4.79 Å². The highest BCUT2D eigenvalue weighted by atomic mass is 16.4. The molecule has 0 unspecified atom stereocenters. The number of benzene rings is 1. The number of carboxylic acid groups (broad SMARTS) is 1. The van der Waals surface area contributed by atoms with Crippen LogP contribution in [0.2, 0.25) is 0 Å². The molecule has 0 aliphatic heterocycles. The van der Waals surface area contributed by atoms with Gasteiger partial charge in [-0.05, 0) is 31.0 Å². The summed E-state index contributed by atoms with van der Waals surface area (Å²) in [5.74, 6) is -0.689. The van der Waals surface area contributed by atoms with Crippen molar-refractivity contribution in [3.63, 3.8) is 0 Å². The number of anilines is 2. The maximum atomic E-state index is 11.4. The molecule has 0 saturated heterocycles. The molecule has 1 aromatic carbocycles. The third kappa shape index (κ3) is 3.61. The molecule has 1 amide bonds. The van der Waals surface area contributed by atoms with E-state index in [1.165, 1.54) is 12.1 Å². The van der Waals surface area contributed by atoms with Gasteiger partial charge < -0.3 is 21.5 Å². The number of hydrogen-bond acceptors (Lipinski definition) is 4. The number of nitrogens with two attached hydrogens (primary N) is 1. The SMILES string of the molecule is Nc1cc(C(=O)O)ccc1NCCNC(=O)C1CC1. The van der Waals surface area contributed by atoms with E-state index in [9.17, 15) is 9.59 Å². The van der Waals surface area contributed by atoms with Crippen LogP contribution in [0.5, 0.6) is 0 Å². The van der Waals surface area contributed by atoms with Crippen LogP contribution >= 0.6 is 0 Å². The Labute approximate surface area is 111 Å².